The molecular weight excluding hydrogens is 341 g/mol. The van der Waals surface area contributed by atoms with Crippen molar-refractivity contribution in [2.75, 3.05) is 5.32 Å². The molecule has 2 aromatic rings. The highest BCUT2D eigenvalue weighted by Gasteiger charge is 2.14. The molecule has 21 heavy (non-hydrogen) atoms. The number of nitrogens with one attached hydrogen (secondary N) is 1. The van der Waals surface area contributed by atoms with Gasteiger partial charge < -0.3 is 10.4 Å². The van der Waals surface area contributed by atoms with Crippen LogP contribution in [0.1, 0.15) is 26.3 Å². The van der Waals surface area contributed by atoms with Crippen molar-refractivity contribution < 1.29 is 19.1 Å². The zero-order valence-electron chi connectivity index (χ0n) is 11.0. The van der Waals surface area contributed by atoms with E-state index in [1.54, 1.807) is 13.0 Å². The van der Waals surface area contributed by atoms with Crippen LogP contribution in [0.5, 0.6) is 0 Å². The number of halogens is 2. The highest BCUT2D eigenvalue weighted by Crippen LogP contribution is 2.22. The zero-order chi connectivity index (χ0) is 15.6. The minimum Gasteiger partial charge on any atom is -0.478 e. The van der Waals surface area contributed by atoms with Crippen molar-refractivity contribution in [3.05, 3.63) is 63.4 Å². The van der Waals surface area contributed by atoms with Gasteiger partial charge in [-0.05, 0) is 58.7 Å². The number of benzene rings is 2. The van der Waals surface area contributed by atoms with E-state index in [-0.39, 0.29) is 15.6 Å². The van der Waals surface area contributed by atoms with Gasteiger partial charge in [0.2, 0.25) is 0 Å². The molecule has 0 heterocycles. The van der Waals surface area contributed by atoms with Gasteiger partial charge in [-0.2, -0.15) is 0 Å². The number of amides is 1. The SMILES string of the molecule is Cc1cc(NC(=O)c2cccc(F)c2Br)ccc1C(=O)O. The van der Waals surface area contributed by atoms with E-state index in [1.165, 1.54) is 30.3 Å². The second-order valence-corrected chi connectivity index (χ2v) is 5.18. The van der Waals surface area contributed by atoms with Gasteiger partial charge in [-0.25, -0.2) is 9.18 Å². The van der Waals surface area contributed by atoms with Crippen molar-refractivity contribution in [2.24, 2.45) is 0 Å². The zero-order valence-corrected chi connectivity index (χ0v) is 12.6. The fourth-order valence-electron chi connectivity index (χ4n) is 1.86. The van der Waals surface area contributed by atoms with E-state index in [1.807, 2.05) is 0 Å². The first kappa shape index (κ1) is 15.2. The highest BCUT2D eigenvalue weighted by atomic mass is 79.9. The maximum Gasteiger partial charge on any atom is 0.335 e. The van der Waals surface area contributed by atoms with Crippen molar-refractivity contribution in [1.82, 2.24) is 0 Å². The lowest BCUT2D eigenvalue weighted by Gasteiger charge is -2.09. The van der Waals surface area contributed by atoms with Crippen LogP contribution in [0, 0.1) is 12.7 Å². The van der Waals surface area contributed by atoms with Gasteiger partial charge in [-0.3, -0.25) is 4.79 Å². The van der Waals surface area contributed by atoms with Crippen LogP contribution in [0.25, 0.3) is 0 Å². The molecule has 0 fully saturated rings. The molecule has 108 valence electrons. The summed E-state index contributed by atoms with van der Waals surface area (Å²) in [7, 11) is 0. The largest absolute Gasteiger partial charge is 0.478 e. The number of hydrogen-bond donors (Lipinski definition) is 2. The molecule has 6 heteroatoms. The van der Waals surface area contributed by atoms with Gasteiger partial charge in [0, 0.05) is 5.69 Å². The Kier molecular flexibility index (Phi) is 4.37. The lowest BCUT2D eigenvalue weighted by molar-refractivity contribution is 0.0696. The Morgan fingerprint density at radius 1 is 1.19 bits per heavy atom. The molecule has 2 aromatic carbocycles. The van der Waals surface area contributed by atoms with Crippen molar-refractivity contribution in [1.29, 1.82) is 0 Å². The number of aromatic carboxylic acids is 1. The molecule has 2 N–H and O–H groups in total. The highest BCUT2D eigenvalue weighted by molar-refractivity contribution is 9.10. The molecule has 0 spiro atoms. The lowest BCUT2D eigenvalue weighted by atomic mass is 10.1. The van der Waals surface area contributed by atoms with E-state index < -0.39 is 17.7 Å². The number of carbonyl (C=O) groups is 2. The normalized spacial score (nSPS) is 10.2. The molecule has 0 aliphatic rings. The Morgan fingerprint density at radius 3 is 2.52 bits per heavy atom. The van der Waals surface area contributed by atoms with Crippen LogP contribution in [0.15, 0.2) is 40.9 Å². The Morgan fingerprint density at radius 2 is 1.90 bits per heavy atom. The number of carboxylic acid groups (broad SMARTS) is 1. The molecule has 0 atom stereocenters. The molecule has 0 saturated heterocycles. The first-order valence-corrected chi connectivity index (χ1v) is 6.78. The van der Waals surface area contributed by atoms with Gasteiger partial charge in [-0.15, -0.1) is 0 Å². The molecule has 0 aromatic heterocycles. The summed E-state index contributed by atoms with van der Waals surface area (Å²) < 4.78 is 13.5. The smallest absolute Gasteiger partial charge is 0.335 e. The molecule has 0 aliphatic carbocycles. The summed E-state index contributed by atoms with van der Waals surface area (Å²) in [6.07, 6.45) is 0. The van der Waals surface area contributed by atoms with Crippen molar-refractivity contribution in [3.63, 3.8) is 0 Å². The fourth-order valence-corrected chi connectivity index (χ4v) is 2.30. The first-order valence-electron chi connectivity index (χ1n) is 5.99. The van der Waals surface area contributed by atoms with Crippen molar-refractivity contribution in [3.8, 4) is 0 Å². The number of carboxylic acids is 1. The van der Waals surface area contributed by atoms with Crippen LogP contribution in [-0.4, -0.2) is 17.0 Å². The summed E-state index contributed by atoms with van der Waals surface area (Å²) in [5.41, 5.74) is 1.30. The molecule has 0 radical (unpaired) electrons. The Bertz CT molecular complexity index is 731. The van der Waals surface area contributed by atoms with Gasteiger partial charge >= 0.3 is 5.97 Å². The number of carbonyl (C=O) groups excluding carboxylic acids is 1. The number of anilines is 1. The maximum absolute atomic E-state index is 13.4. The second kappa shape index (κ2) is 6.05. The van der Waals surface area contributed by atoms with Crippen LogP contribution < -0.4 is 5.32 Å². The van der Waals surface area contributed by atoms with E-state index in [4.69, 9.17) is 5.11 Å². The molecule has 1 amide bonds. The van der Waals surface area contributed by atoms with Gasteiger partial charge in [0.25, 0.3) is 5.91 Å². The Hall–Kier alpha value is -2.21. The third kappa shape index (κ3) is 3.28. The van der Waals surface area contributed by atoms with Crippen LogP contribution in [0.3, 0.4) is 0 Å². The number of rotatable bonds is 3. The lowest BCUT2D eigenvalue weighted by Crippen LogP contribution is -2.13. The van der Waals surface area contributed by atoms with Gasteiger partial charge in [0.15, 0.2) is 0 Å². The molecule has 0 aliphatic heterocycles. The summed E-state index contributed by atoms with van der Waals surface area (Å²) in [4.78, 5) is 23.0. The van der Waals surface area contributed by atoms with Gasteiger partial charge in [0.1, 0.15) is 5.82 Å². The topological polar surface area (TPSA) is 66.4 Å². The quantitative estimate of drug-likeness (QED) is 0.882. The second-order valence-electron chi connectivity index (χ2n) is 4.39. The molecule has 4 nitrogen and oxygen atoms in total. The van der Waals surface area contributed by atoms with Gasteiger partial charge in [-0.1, -0.05) is 6.07 Å². The van der Waals surface area contributed by atoms with Crippen molar-refractivity contribution >= 4 is 33.5 Å². The standard InChI is InChI=1S/C15H11BrFNO3/c1-8-7-9(5-6-10(8)15(20)21)18-14(19)11-3-2-4-12(17)13(11)16/h2-7H,1H3,(H,18,19)(H,20,21). The fraction of sp³-hybridized carbons (Fsp3) is 0.0667. The van der Waals surface area contributed by atoms with E-state index in [0.29, 0.717) is 11.3 Å². The third-order valence-electron chi connectivity index (χ3n) is 2.91. The Labute approximate surface area is 128 Å². The minimum atomic E-state index is -1.03. The summed E-state index contributed by atoms with van der Waals surface area (Å²) >= 11 is 3.03. The van der Waals surface area contributed by atoms with E-state index in [2.05, 4.69) is 21.2 Å². The maximum atomic E-state index is 13.4. The van der Waals surface area contributed by atoms with Gasteiger partial charge in [0.05, 0.1) is 15.6 Å². The number of hydrogen-bond acceptors (Lipinski definition) is 2. The summed E-state index contributed by atoms with van der Waals surface area (Å²) in [5.74, 6) is -2.04. The summed E-state index contributed by atoms with van der Waals surface area (Å²) in [6, 6.07) is 8.62. The average molecular weight is 352 g/mol. The molecule has 0 bridgehead atoms. The van der Waals surface area contributed by atoms with Crippen LogP contribution in [-0.2, 0) is 0 Å². The van der Waals surface area contributed by atoms with E-state index in [9.17, 15) is 14.0 Å². The Balaban J connectivity index is 2.26. The average Bonchev–Trinajstić information content (AvgIpc) is 2.41. The first-order chi connectivity index (χ1) is 9.90. The predicted octanol–water partition coefficient (Wildman–Crippen LogP) is 3.85. The van der Waals surface area contributed by atoms with Crippen LogP contribution in [0.2, 0.25) is 0 Å². The summed E-state index contributed by atoms with van der Waals surface area (Å²) in [6.45, 7) is 1.64. The molecule has 0 saturated carbocycles. The summed E-state index contributed by atoms with van der Waals surface area (Å²) in [5, 5.41) is 11.6. The molecular formula is C15H11BrFNO3. The molecule has 0 unspecified atom stereocenters. The minimum absolute atomic E-state index is 0.0846. The molecule has 2 rings (SSSR count). The van der Waals surface area contributed by atoms with E-state index >= 15 is 0 Å². The number of aryl methyl sites for hydroxylation is 1. The van der Waals surface area contributed by atoms with Crippen molar-refractivity contribution in [2.45, 2.75) is 6.92 Å². The van der Waals surface area contributed by atoms with Crippen LogP contribution in [0.4, 0.5) is 10.1 Å². The van der Waals surface area contributed by atoms with E-state index in [0.717, 1.165) is 0 Å². The van der Waals surface area contributed by atoms with Crippen LogP contribution >= 0.6 is 15.9 Å². The third-order valence-corrected chi connectivity index (χ3v) is 3.72. The predicted molar refractivity (Wildman–Crippen MR) is 80.2 cm³/mol. The monoisotopic (exact) mass is 351 g/mol.